The highest BCUT2D eigenvalue weighted by atomic mass is 35.5. The van der Waals surface area contributed by atoms with E-state index in [-0.39, 0.29) is 57.1 Å². The van der Waals surface area contributed by atoms with E-state index in [0.29, 0.717) is 76.4 Å². The van der Waals surface area contributed by atoms with E-state index in [1.165, 1.54) is 75.0 Å². The Bertz CT molecular complexity index is 3300. The Balaban J connectivity index is 1.29. The zero-order valence-corrected chi connectivity index (χ0v) is 60.8. The van der Waals surface area contributed by atoms with Crippen LogP contribution in [0.15, 0.2) is 42.5 Å². The zero-order chi connectivity index (χ0) is 73.7. The largest absolute Gasteiger partial charge is 0.417 e. The number of alkyl halides is 3. The first-order valence-electron chi connectivity index (χ1n) is 35.4. The fourth-order valence-corrected chi connectivity index (χ4v) is 15.0. The van der Waals surface area contributed by atoms with Crippen LogP contribution in [0.3, 0.4) is 0 Å². The fraction of sp³-hybridized carbons (Fsp3) is 0.667. The predicted molar refractivity (Wildman–Crippen MR) is 368 cm³/mol. The monoisotopic (exact) mass is 1420 g/mol. The van der Waals surface area contributed by atoms with Crippen LogP contribution < -0.4 is 16.0 Å². The van der Waals surface area contributed by atoms with E-state index in [4.69, 9.17) is 11.6 Å². The number of aryl methyl sites for hydroxylation is 2. The lowest BCUT2D eigenvalue weighted by Gasteiger charge is -2.43. The molecule has 2 saturated carbocycles. The van der Waals surface area contributed by atoms with Crippen molar-refractivity contribution in [1.29, 1.82) is 0 Å². The van der Waals surface area contributed by atoms with Crippen LogP contribution in [0.5, 0.6) is 0 Å². The molecule has 3 aliphatic heterocycles. The van der Waals surface area contributed by atoms with E-state index in [2.05, 4.69) is 16.0 Å². The van der Waals surface area contributed by atoms with Gasteiger partial charge in [-0.25, -0.2) is 0 Å². The number of likely N-dealkylation sites (tertiary alicyclic amines) is 1. The molecule has 12 amide bonds. The molecular weight excluding hydrogens is 1320 g/mol. The van der Waals surface area contributed by atoms with E-state index in [1.54, 1.807) is 24.0 Å². The number of halogens is 4. The molecule has 3 saturated heterocycles. The standard InChI is InChI=1S/C72H104ClF3N12O12/c1-12-22-53-63(93)78-61(46(4)13-2)68(98)82(7)43-59(91)80(5)44-60(92)84(9)55(40-48-28-26-45(3)27-29-48)66(96)81(6)42-57(89)77-52(33-31-47-30-32-50(51(73)39-47)72(74,75)76)65(95)88-38-21-25-54(88)64(94)79-71(34-17-18-35-71)70(100)86(11)62(49-23-15-14-16-24-49)69(99)85(10)56(41-58(90)83(53)8)67(97)87-36-19-20-37-87/h26-30,32,39,46,49,52-56,61-62H,12-25,31,33-38,40-44H2,1-11H3,(H,77,89)(H,78,93)(H,79,94)/t46-,52-,53-,54?,55-,56-,61-,62-/m0/s1. The molecule has 100 heavy (non-hydrogen) atoms. The molecule has 2 aliphatic carbocycles. The number of nitrogens with zero attached hydrogens (tertiary/aromatic N) is 9. The second-order valence-corrected chi connectivity index (χ2v) is 28.8. The van der Waals surface area contributed by atoms with Crippen molar-refractivity contribution < 1.29 is 70.7 Å². The summed E-state index contributed by atoms with van der Waals surface area (Å²) >= 11 is 6.15. The second kappa shape index (κ2) is 35.2. The predicted octanol–water partition coefficient (Wildman–Crippen LogP) is 5.37. The van der Waals surface area contributed by atoms with Gasteiger partial charge in [0.05, 0.1) is 36.6 Å². The Hall–Kier alpha value is -7.84. The Kier molecular flexibility index (Phi) is 28.0. The number of carbonyl (C=O) groups is 12. The fourth-order valence-electron chi connectivity index (χ4n) is 14.7. The van der Waals surface area contributed by atoms with Gasteiger partial charge in [0, 0.05) is 75.4 Å². The van der Waals surface area contributed by atoms with Gasteiger partial charge < -0.3 is 60.0 Å². The second-order valence-electron chi connectivity index (χ2n) is 28.4. The van der Waals surface area contributed by atoms with E-state index in [1.807, 2.05) is 32.9 Å². The van der Waals surface area contributed by atoms with Crippen LogP contribution in [0.25, 0.3) is 0 Å². The normalized spacial score (nSPS) is 25.6. The number of nitrogens with one attached hydrogen (secondary N) is 3. The molecule has 5 fully saturated rings. The van der Waals surface area contributed by atoms with E-state index in [0.717, 1.165) is 56.6 Å². The lowest BCUT2D eigenvalue weighted by atomic mass is 9.81. The van der Waals surface area contributed by atoms with Gasteiger partial charge in [0.2, 0.25) is 70.9 Å². The highest BCUT2D eigenvalue weighted by Gasteiger charge is 2.51. The summed E-state index contributed by atoms with van der Waals surface area (Å²) < 4.78 is 41.6. The molecule has 0 aromatic heterocycles. The van der Waals surface area contributed by atoms with Gasteiger partial charge in [-0.05, 0) is 113 Å². The van der Waals surface area contributed by atoms with Crippen molar-refractivity contribution in [2.24, 2.45) is 11.8 Å². The summed E-state index contributed by atoms with van der Waals surface area (Å²) in [6.45, 7) is 6.24. The maximum Gasteiger partial charge on any atom is 0.417 e. The molecule has 0 bridgehead atoms. The number of fused-ring (bicyclic) bond motifs is 1. The molecular formula is C72H104ClF3N12O12. The van der Waals surface area contributed by atoms with Crippen LogP contribution in [-0.4, -0.2) is 251 Å². The number of carbonyl (C=O) groups excluding carboxylic acids is 12. The van der Waals surface area contributed by atoms with Gasteiger partial charge in [-0.1, -0.05) is 113 Å². The van der Waals surface area contributed by atoms with E-state index < -0.39 is 173 Å². The molecule has 28 heteroatoms. The molecule has 1 spiro atoms. The number of benzene rings is 2. The number of amides is 12. The Labute approximate surface area is 591 Å². The SMILES string of the molecule is CCC[C@H]1C(=O)N[C@@H]([C@@H](C)CC)C(=O)N(C)CC(=O)N(C)CC(=O)N(C)[C@@H](Cc2ccc(C)cc2)C(=O)N(C)CC(=O)N[C@@H](CCc2ccc(C(F)(F)F)c(Cl)c2)C(=O)N2CCCC2C(=O)NC2(CCCC2)C(=O)N(C)[C@@H](C2CCCCC2)C(=O)N(C)[C@H](C(=O)N2CCCC2)CC(=O)N1C. The number of likely N-dealkylation sites (N-methyl/N-ethyl adjacent to an activating group) is 7. The lowest BCUT2D eigenvalue weighted by Crippen LogP contribution is -2.65. The van der Waals surface area contributed by atoms with Crippen LogP contribution in [0.1, 0.15) is 159 Å². The molecule has 8 atom stereocenters. The molecule has 552 valence electrons. The molecule has 0 radical (unpaired) electrons. The quantitative estimate of drug-likeness (QED) is 0.256. The molecule has 3 N–H and O–H groups in total. The first-order chi connectivity index (χ1) is 47.2. The van der Waals surface area contributed by atoms with Crippen LogP contribution in [0.2, 0.25) is 5.02 Å². The third kappa shape index (κ3) is 19.4. The van der Waals surface area contributed by atoms with Crippen LogP contribution in [0.4, 0.5) is 13.2 Å². The lowest BCUT2D eigenvalue weighted by molar-refractivity contribution is -0.156. The van der Waals surface area contributed by atoms with Gasteiger partial charge in [-0.15, -0.1) is 0 Å². The summed E-state index contributed by atoms with van der Waals surface area (Å²) in [6.07, 6.45) is 1.91. The Morgan fingerprint density at radius 2 is 1.23 bits per heavy atom. The maximum atomic E-state index is 15.7. The highest BCUT2D eigenvalue weighted by Crippen LogP contribution is 2.38. The Morgan fingerprint density at radius 1 is 0.620 bits per heavy atom. The summed E-state index contributed by atoms with van der Waals surface area (Å²) in [4.78, 5) is 190. The summed E-state index contributed by atoms with van der Waals surface area (Å²) in [6, 6.07) is 1.46. The number of rotatable bonds is 11. The average Bonchev–Trinajstić information content (AvgIpc) is 1.47. The van der Waals surface area contributed by atoms with Gasteiger partial charge in [0.15, 0.2) is 0 Å². The van der Waals surface area contributed by atoms with Gasteiger partial charge in [-0.3, -0.25) is 57.5 Å². The zero-order valence-electron chi connectivity index (χ0n) is 60.1. The topological polar surface area (TPSA) is 270 Å². The minimum atomic E-state index is -4.77. The number of hydrogen-bond donors (Lipinski definition) is 3. The third-order valence-electron chi connectivity index (χ3n) is 21.2. The first-order valence-corrected chi connectivity index (χ1v) is 35.8. The summed E-state index contributed by atoms with van der Waals surface area (Å²) in [7, 11) is 9.82. The van der Waals surface area contributed by atoms with Crippen LogP contribution in [-0.2, 0) is 76.6 Å². The Morgan fingerprint density at radius 3 is 1.84 bits per heavy atom. The van der Waals surface area contributed by atoms with Crippen molar-refractivity contribution in [3.8, 4) is 0 Å². The third-order valence-corrected chi connectivity index (χ3v) is 21.5. The van der Waals surface area contributed by atoms with Gasteiger partial charge in [-0.2, -0.15) is 13.2 Å². The highest BCUT2D eigenvalue weighted by molar-refractivity contribution is 6.31. The van der Waals surface area contributed by atoms with Gasteiger partial charge in [0.1, 0.15) is 47.8 Å². The molecule has 1 unspecified atom stereocenters. The molecule has 5 aliphatic rings. The summed E-state index contributed by atoms with van der Waals surface area (Å²) in [5.41, 5.74) is -0.815. The summed E-state index contributed by atoms with van der Waals surface area (Å²) in [5, 5.41) is 8.10. The number of hydrogen-bond acceptors (Lipinski definition) is 12. The van der Waals surface area contributed by atoms with Crippen molar-refractivity contribution in [2.75, 3.05) is 88.6 Å². The van der Waals surface area contributed by atoms with E-state index in [9.17, 15) is 51.5 Å². The molecule has 3 heterocycles. The summed E-state index contributed by atoms with van der Waals surface area (Å²) in [5.74, 6) is -8.86. The van der Waals surface area contributed by atoms with Gasteiger partial charge >= 0.3 is 6.18 Å². The molecule has 7 rings (SSSR count). The minimum absolute atomic E-state index is 0.0245. The van der Waals surface area contributed by atoms with Crippen LogP contribution in [0, 0.1) is 18.8 Å². The van der Waals surface area contributed by atoms with Crippen molar-refractivity contribution in [2.45, 2.75) is 210 Å². The minimum Gasteiger partial charge on any atom is -0.343 e. The molecule has 2 aromatic rings. The smallest absolute Gasteiger partial charge is 0.343 e. The van der Waals surface area contributed by atoms with Crippen molar-refractivity contribution >= 4 is 82.5 Å². The molecule has 24 nitrogen and oxygen atoms in total. The first kappa shape index (κ1) is 79.5. The van der Waals surface area contributed by atoms with Crippen LogP contribution >= 0.6 is 11.6 Å². The van der Waals surface area contributed by atoms with E-state index >= 15 is 19.2 Å². The van der Waals surface area contributed by atoms with Crippen molar-refractivity contribution in [1.82, 2.24) is 60.0 Å². The van der Waals surface area contributed by atoms with Gasteiger partial charge in [0.25, 0.3) is 0 Å². The van der Waals surface area contributed by atoms with Crippen molar-refractivity contribution in [3.05, 3.63) is 69.7 Å². The maximum absolute atomic E-state index is 15.7. The van der Waals surface area contributed by atoms with Crippen molar-refractivity contribution in [3.63, 3.8) is 0 Å². The molecule has 2 aromatic carbocycles. The average molecular weight is 1420 g/mol.